The van der Waals surface area contributed by atoms with E-state index in [-0.39, 0.29) is 0 Å². The van der Waals surface area contributed by atoms with Gasteiger partial charge in [-0.25, -0.2) is 19.9 Å². The maximum Gasteiger partial charge on any atom is 0.193 e. The van der Waals surface area contributed by atoms with E-state index in [0.29, 0.717) is 0 Å². The number of oxazole rings is 1. The number of pyridine rings is 1. The molecular formula is C23H31N5OS. The fourth-order valence-electron chi connectivity index (χ4n) is 1.97. The highest BCUT2D eigenvalue weighted by atomic mass is 32.1. The van der Waals surface area contributed by atoms with Crippen molar-refractivity contribution in [3.63, 3.8) is 0 Å². The Balaban J connectivity index is 0.000000200. The summed E-state index contributed by atoms with van der Waals surface area (Å²) in [7, 11) is 0. The zero-order chi connectivity index (χ0) is 21.9. The van der Waals surface area contributed by atoms with Crippen molar-refractivity contribution in [3.8, 4) is 0 Å². The molecule has 0 aromatic carbocycles. The molecule has 0 aliphatic rings. The van der Waals surface area contributed by atoms with Crippen LogP contribution in [0.25, 0.3) is 0 Å². The van der Waals surface area contributed by atoms with Crippen molar-refractivity contribution in [2.24, 2.45) is 0 Å². The van der Waals surface area contributed by atoms with Gasteiger partial charge in [0.1, 0.15) is 12.1 Å². The molecule has 6 nitrogen and oxygen atoms in total. The van der Waals surface area contributed by atoms with Gasteiger partial charge in [-0.3, -0.25) is 4.98 Å². The van der Waals surface area contributed by atoms with Crippen LogP contribution in [0.4, 0.5) is 0 Å². The van der Waals surface area contributed by atoms with Gasteiger partial charge in [0.25, 0.3) is 0 Å². The Hall–Kier alpha value is -2.93. The number of rotatable bonds is 4. The zero-order valence-corrected chi connectivity index (χ0v) is 19.0. The first-order valence-electron chi connectivity index (χ1n) is 10.2. The van der Waals surface area contributed by atoms with Gasteiger partial charge in [0.05, 0.1) is 11.2 Å². The number of thiazole rings is 1. The zero-order valence-electron chi connectivity index (χ0n) is 18.2. The van der Waals surface area contributed by atoms with Gasteiger partial charge in [-0.05, 0) is 31.0 Å². The summed E-state index contributed by atoms with van der Waals surface area (Å²) in [5, 5.41) is 3.22. The van der Waals surface area contributed by atoms with Gasteiger partial charge >= 0.3 is 0 Å². The van der Waals surface area contributed by atoms with Crippen molar-refractivity contribution in [2.45, 2.75) is 53.4 Å². The minimum Gasteiger partial charge on any atom is -0.449 e. The molecule has 4 aromatic heterocycles. The standard InChI is InChI=1S/C7H9N.C6H8N2.C5H7NO.C5H7NS/c1-2-7-5-3-4-6-8-7;1-2-6-7-4-3-5-8-6;2*1-2-5-6-3-4-7-5/h3-6H,2H2,1H3;3-5H,2H2,1H3;2*3-4H,2H2,1H3. The van der Waals surface area contributed by atoms with Gasteiger partial charge in [-0.15, -0.1) is 11.3 Å². The third kappa shape index (κ3) is 11.8. The van der Waals surface area contributed by atoms with Gasteiger partial charge in [0.2, 0.25) is 0 Å². The summed E-state index contributed by atoms with van der Waals surface area (Å²) in [6.07, 6.45) is 14.3. The molecule has 7 heteroatoms. The van der Waals surface area contributed by atoms with Crippen molar-refractivity contribution >= 4 is 11.3 Å². The molecule has 0 bridgehead atoms. The largest absolute Gasteiger partial charge is 0.449 e. The highest BCUT2D eigenvalue weighted by Crippen LogP contribution is 2.02. The van der Waals surface area contributed by atoms with E-state index in [1.165, 1.54) is 5.01 Å². The molecule has 0 unspecified atom stereocenters. The number of aromatic nitrogens is 5. The van der Waals surface area contributed by atoms with Crippen molar-refractivity contribution < 1.29 is 4.42 Å². The molecule has 4 heterocycles. The summed E-state index contributed by atoms with van der Waals surface area (Å²) in [5.74, 6) is 1.72. The molecule has 0 aliphatic carbocycles. The van der Waals surface area contributed by atoms with Crippen LogP contribution in [0.5, 0.6) is 0 Å². The summed E-state index contributed by atoms with van der Waals surface area (Å²) in [5.41, 5.74) is 1.16. The van der Waals surface area contributed by atoms with Crippen LogP contribution in [0.2, 0.25) is 0 Å². The number of hydrogen-bond acceptors (Lipinski definition) is 7. The molecule has 0 radical (unpaired) electrons. The molecule has 0 aliphatic heterocycles. The number of hydrogen-bond donors (Lipinski definition) is 0. The first kappa shape index (κ1) is 25.1. The van der Waals surface area contributed by atoms with E-state index in [2.05, 4.69) is 38.8 Å². The number of nitrogens with zero attached hydrogens (tertiary/aromatic N) is 5. The second-order valence-corrected chi connectivity index (χ2v) is 6.73. The Kier molecular flexibility index (Phi) is 14.2. The van der Waals surface area contributed by atoms with Gasteiger partial charge in [0.15, 0.2) is 5.89 Å². The van der Waals surface area contributed by atoms with Gasteiger partial charge in [-0.2, -0.15) is 0 Å². The SMILES string of the molecule is CCc1ccccn1.CCc1ncccn1.CCc1ncco1.CCc1nccs1. The van der Waals surface area contributed by atoms with Gasteiger partial charge in [0, 0.05) is 48.7 Å². The topological polar surface area (TPSA) is 77.6 Å². The van der Waals surface area contributed by atoms with Crippen LogP contribution in [0.1, 0.15) is 50.1 Å². The average molecular weight is 426 g/mol. The molecule has 4 rings (SSSR count). The first-order chi connectivity index (χ1) is 14.7. The minimum atomic E-state index is 0.806. The Bertz CT molecular complexity index is 764. The van der Waals surface area contributed by atoms with Crippen molar-refractivity contribution in [2.75, 3.05) is 0 Å². The molecule has 0 saturated heterocycles. The van der Waals surface area contributed by atoms with E-state index in [4.69, 9.17) is 4.42 Å². The third-order valence-corrected chi connectivity index (χ3v) is 4.52. The second kappa shape index (κ2) is 17.0. The van der Waals surface area contributed by atoms with Crippen molar-refractivity contribution in [1.29, 1.82) is 0 Å². The minimum absolute atomic E-state index is 0.806. The van der Waals surface area contributed by atoms with Crippen molar-refractivity contribution in [3.05, 3.63) is 89.3 Å². The summed E-state index contributed by atoms with van der Waals surface area (Å²) >= 11 is 1.71. The first-order valence-corrected chi connectivity index (χ1v) is 11.0. The van der Waals surface area contributed by atoms with Crippen LogP contribution >= 0.6 is 11.3 Å². The average Bonchev–Trinajstić information content (AvgIpc) is 3.55. The van der Waals surface area contributed by atoms with E-state index in [0.717, 1.165) is 43.1 Å². The summed E-state index contributed by atoms with van der Waals surface area (Å²) in [6, 6.07) is 7.78. The Morgan fingerprint density at radius 3 is 1.80 bits per heavy atom. The predicted molar refractivity (Wildman–Crippen MR) is 122 cm³/mol. The molecule has 0 atom stereocenters. The lowest BCUT2D eigenvalue weighted by molar-refractivity contribution is 0.501. The van der Waals surface area contributed by atoms with E-state index in [1.54, 1.807) is 36.2 Å². The lowest BCUT2D eigenvalue weighted by atomic mass is 10.3. The Morgan fingerprint density at radius 2 is 1.47 bits per heavy atom. The Morgan fingerprint density at radius 1 is 0.700 bits per heavy atom. The molecule has 0 N–H and O–H groups in total. The Labute approximate surface area is 183 Å². The van der Waals surface area contributed by atoms with Crippen LogP contribution in [-0.4, -0.2) is 24.9 Å². The summed E-state index contributed by atoms with van der Waals surface area (Å²) in [6.45, 7) is 8.25. The molecule has 0 amide bonds. The summed E-state index contributed by atoms with van der Waals surface area (Å²) in [4.78, 5) is 20.0. The lowest BCUT2D eigenvalue weighted by Crippen LogP contribution is -1.87. The molecular weight excluding hydrogens is 394 g/mol. The smallest absolute Gasteiger partial charge is 0.193 e. The molecule has 30 heavy (non-hydrogen) atoms. The molecule has 0 spiro atoms. The van der Waals surface area contributed by atoms with Crippen LogP contribution < -0.4 is 0 Å². The molecule has 160 valence electrons. The summed E-state index contributed by atoms with van der Waals surface area (Å²) < 4.78 is 4.87. The van der Waals surface area contributed by atoms with Crippen LogP contribution in [0, 0.1) is 0 Å². The maximum atomic E-state index is 4.87. The van der Waals surface area contributed by atoms with Crippen LogP contribution in [0.15, 0.2) is 71.3 Å². The van der Waals surface area contributed by atoms with Crippen molar-refractivity contribution in [1.82, 2.24) is 24.9 Å². The quantitative estimate of drug-likeness (QED) is 0.422. The number of aryl methyl sites for hydroxylation is 4. The third-order valence-electron chi connectivity index (χ3n) is 3.60. The van der Waals surface area contributed by atoms with E-state index in [9.17, 15) is 0 Å². The molecule has 4 aromatic rings. The normalized spacial score (nSPS) is 9.20. The highest BCUT2D eigenvalue weighted by molar-refractivity contribution is 7.09. The van der Waals surface area contributed by atoms with Crippen LogP contribution in [0.3, 0.4) is 0 Å². The van der Waals surface area contributed by atoms with E-state index >= 15 is 0 Å². The molecule has 0 fully saturated rings. The van der Waals surface area contributed by atoms with Gasteiger partial charge in [-0.1, -0.05) is 33.8 Å². The maximum absolute atomic E-state index is 4.87. The lowest BCUT2D eigenvalue weighted by Gasteiger charge is -1.88. The molecule has 0 saturated carbocycles. The second-order valence-electron chi connectivity index (χ2n) is 5.75. The van der Waals surface area contributed by atoms with Crippen LogP contribution in [-0.2, 0) is 25.7 Å². The van der Waals surface area contributed by atoms with E-state index < -0.39 is 0 Å². The van der Waals surface area contributed by atoms with E-state index in [1.807, 2.05) is 55.9 Å². The predicted octanol–water partition coefficient (Wildman–Crippen LogP) is 5.63. The fourth-order valence-corrected chi connectivity index (χ4v) is 2.54. The van der Waals surface area contributed by atoms with Gasteiger partial charge < -0.3 is 4.42 Å². The monoisotopic (exact) mass is 425 g/mol. The highest BCUT2D eigenvalue weighted by Gasteiger charge is 1.86. The fraction of sp³-hybridized carbons (Fsp3) is 0.348.